The van der Waals surface area contributed by atoms with Crippen molar-refractivity contribution in [1.29, 1.82) is 0 Å². The van der Waals surface area contributed by atoms with Crippen molar-refractivity contribution in [1.82, 2.24) is 9.80 Å². The van der Waals surface area contributed by atoms with Crippen LogP contribution in [0.25, 0.3) is 0 Å². The summed E-state index contributed by atoms with van der Waals surface area (Å²) >= 11 is 14.3. The smallest absolute Gasteiger partial charge is 0.138 e. The Bertz CT molecular complexity index is 255. The van der Waals surface area contributed by atoms with Crippen LogP contribution in [0.4, 0.5) is 0 Å². The SMILES string of the molecule is CCC(N1CCSC1=S)N1CCSC1=S. The maximum Gasteiger partial charge on any atom is 0.138 e. The molecule has 2 aliphatic heterocycles. The highest BCUT2D eigenvalue weighted by molar-refractivity contribution is 8.23. The van der Waals surface area contributed by atoms with Gasteiger partial charge in [0.05, 0.1) is 0 Å². The Labute approximate surface area is 110 Å². The van der Waals surface area contributed by atoms with Crippen molar-refractivity contribution >= 4 is 56.6 Å². The van der Waals surface area contributed by atoms with E-state index >= 15 is 0 Å². The molecule has 0 saturated carbocycles. The van der Waals surface area contributed by atoms with Gasteiger partial charge in [0.2, 0.25) is 0 Å². The summed E-state index contributed by atoms with van der Waals surface area (Å²) in [6, 6.07) is 0. The molecule has 0 atom stereocenters. The van der Waals surface area contributed by atoms with E-state index in [9.17, 15) is 0 Å². The fourth-order valence-corrected chi connectivity index (χ4v) is 4.57. The van der Waals surface area contributed by atoms with Crippen molar-refractivity contribution in [2.75, 3.05) is 24.6 Å². The van der Waals surface area contributed by atoms with Crippen LogP contribution in [0, 0.1) is 0 Å². The first kappa shape index (κ1) is 12.0. The summed E-state index contributed by atoms with van der Waals surface area (Å²) in [6.07, 6.45) is 1.48. The third-order valence-electron chi connectivity index (χ3n) is 2.67. The molecule has 0 aromatic rings. The minimum atomic E-state index is 0.398. The molecule has 0 unspecified atom stereocenters. The van der Waals surface area contributed by atoms with Crippen LogP contribution < -0.4 is 0 Å². The Morgan fingerprint density at radius 3 is 1.87 bits per heavy atom. The maximum atomic E-state index is 5.37. The summed E-state index contributed by atoms with van der Waals surface area (Å²) < 4.78 is 2.09. The molecule has 0 radical (unpaired) electrons. The number of rotatable bonds is 3. The molecule has 2 nitrogen and oxygen atoms in total. The summed E-state index contributed by atoms with van der Waals surface area (Å²) in [5.41, 5.74) is 0. The Morgan fingerprint density at radius 2 is 1.60 bits per heavy atom. The second-order valence-corrected chi connectivity index (χ2v) is 6.96. The standard InChI is InChI=1S/C9H14N2S4/c1-2-7(10-3-5-14-8(10)12)11-4-6-15-9(11)13/h7H,2-6H2,1H3. The van der Waals surface area contributed by atoms with E-state index in [1.54, 1.807) is 23.5 Å². The van der Waals surface area contributed by atoms with Gasteiger partial charge in [-0.1, -0.05) is 54.9 Å². The van der Waals surface area contributed by atoms with Crippen LogP contribution in [-0.2, 0) is 0 Å². The summed E-state index contributed by atoms with van der Waals surface area (Å²) in [4.78, 5) is 4.66. The Morgan fingerprint density at radius 1 is 1.13 bits per heavy atom. The Kier molecular flexibility index (Phi) is 4.15. The molecule has 2 saturated heterocycles. The predicted molar refractivity (Wildman–Crippen MR) is 77.6 cm³/mol. The highest BCUT2D eigenvalue weighted by Gasteiger charge is 2.32. The molecule has 0 aromatic heterocycles. The molecule has 0 aromatic carbocycles. The molecule has 2 heterocycles. The summed E-state index contributed by atoms with van der Waals surface area (Å²) in [5.74, 6) is 2.26. The van der Waals surface area contributed by atoms with Gasteiger partial charge in [0.15, 0.2) is 0 Å². The van der Waals surface area contributed by atoms with Crippen LogP contribution in [0.5, 0.6) is 0 Å². The van der Waals surface area contributed by atoms with Gasteiger partial charge in [0, 0.05) is 24.6 Å². The monoisotopic (exact) mass is 278 g/mol. The topological polar surface area (TPSA) is 6.48 Å². The van der Waals surface area contributed by atoms with Gasteiger partial charge in [-0.15, -0.1) is 0 Å². The number of nitrogens with zero attached hydrogens (tertiary/aromatic N) is 2. The van der Waals surface area contributed by atoms with Gasteiger partial charge in [-0.2, -0.15) is 0 Å². The van der Waals surface area contributed by atoms with Crippen LogP contribution in [-0.4, -0.2) is 49.2 Å². The maximum absolute atomic E-state index is 5.37. The van der Waals surface area contributed by atoms with Crippen LogP contribution in [0.1, 0.15) is 13.3 Å². The molecule has 0 N–H and O–H groups in total. The third kappa shape index (κ3) is 2.43. The summed E-state index contributed by atoms with van der Waals surface area (Å²) in [6.45, 7) is 4.36. The average Bonchev–Trinajstić information content (AvgIpc) is 2.80. The van der Waals surface area contributed by atoms with Gasteiger partial charge in [-0.25, -0.2) is 0 Å². The molecule has 0 amide bonds. The second kappa shape index (κ2) is 5.21. The summed E-state index contributed by atoms with van der Waals surface area (Å²) in [5, 5.41) is 0. The minimum Gasteiger partial charge on any atom is -0.336 e. The average molecular weight is 278 g/mol. The number of hydrogen-bond acceptors (Lipinski definition) is 4. The normalized spacial score (nSPS) is 22.3. The van der Waals surface area contributed by atoms with E-state index in [4.69, 9.17) is 24.4 Å². The zero-order chi connectivity index (χ0) is 10.8. The van der Waals surface area contributed by atoms with E-state index in [1.807, 2.05) is 0 Å². The van der Waals surface area contributed by atoms with Crippen LogP contribution >= 0.6 is 48.0 Å². The van der Waals surface area contributed by atoms with Gasteiger partial charge >= 0.3 is 0 Å². The van der Waals surface area contributed by atoms with Crippen molar-refractivity contribution in [2.45, 2.75) is 19.5 Å². The van der Waals surface area contributed by atoms with E-state index < -0.39 is 0 Å². The zero-order valence-corrected chi connectivity index (χ0v) is 11.9. The first-order chi connectivity index (χ1) is 7.24. The fraction of sp³-hybridized carbons (Fsp3) is 0.778. The lowest BCUT2D eigenvalue weighted by molar-refractivity contribution is 0.182. The highest BCUT2D eigenvalue weighted by atomic mass is 32.2. The van der Waals surface area contributed by atoms with Crippen molar-refractivity contribution in [3.05, 3.63) is 0 Å². The van der Waals surface area contributed by atoms with Crippen LogP contribution in [0.2, 0.25) is 0 Å². The molecule has 0 bridgehead atoms. The molecular formula is C9H14N2S4. The van der Waals surface area contributed by atoms with Crippen molar-refractivity contribution in [3.63, 3.8) is 0 Å². The number of thiocarbonyl (C=S) groups is 2. The molecule has 2 rings (SSSR count). The van der Waals surface area contributed by atoms with E-state index in [0.29, 0.717) is 6.17 Å². The van der Waals surface area contributed by atoms with E-state index in [1.165, 1.54) is 0 Å². The minimum absolute atomic E-state index is 0.398. The molecule has 15 heavy (non-hydrogen) atoms. The lowest BCUT2D eigenvalue weighted by Crippen LogP contribution is -2.48. The highest BCUT2D eigenvalue weighted by Crippen LogP contribution is 2.28. The van der Waals surface area contributed by atoms with E-state index in [0.717, 1.165) is 39.7 Å². The predicted octanol–water partition coefficient (Wildman–Crippen LogP) is 2.39. The molecule has 0 aliphatic carbocycles. The largest absolute Gasteiger partial charge is 0.336 e. The lowest BCUT2D eigenvalue weighted by Gasteiger charge is -2.36. The molecular weight excluding hydrogens is 264 g/mol. The number of hydrogen-bond donors (Lipinski definition) is 0. The second-order valence-electron chi connectivity index (χ2n) is 3.50. The lowest BCUT2D eigenvalue weighted by atomic mass is 10.3. The first-order valence-corrected chi connectivity index (χ1v) is 7.89. The summed E-state index contributed by atoms with van der Waals surface area (Å²) in [7, 11) is 0. The Hall–Kier alpha value is 0.480. The molecule has 2 fully saturated rings. The van der Waals surface area contributed by atoms with Gasteiger partial charge in [0.1, 0.15) is 14.8 Å². The molecule has 0 spiro atoms. The van der Waals surface area contributed by atoms with Crippen LogP contribution in [0.3, 0.4) is 0 Å². The van der Waals surface area contributed by atoms with Gasteiger partial charge in [0.25, 0.3) is 0 Å². The Balaban J connectivity index is 2.09. The van der Waals surface area contributed by atoms with Crippen molar-refractivity contribution in [3.8, 4) is 0 Å². The van der Waals surface area contributed by atoms with Gasteiger partial charge in [-0.3, -0.25) is 0 Å². The van der Waals surface area contributed by atoms with Crippen molar-refractivity contribution in [2.24, 2.45) is 0 Å². The van der Waals surface area contributed by atoms with E-state index in [2.05, 4.69) is 16.7 Å². The van der Waals surface area contributed by atoms with Crippen LogP contribution in [0.15, 0.2) is 0 Å². The zero-order valence-electron chi connectivity index (χ0n) is 8.64. The molecule has 2 aliphatic rings. The van der Waals surface area contributed by atoms with Crippen molar-refractivity contribution < 1.29 is 0 Å². The first-order valence-electron chi connectivity index (χ1n) is 5.11. The van der Waals surface area contributed by atoms with Gasteiger partial charge in [-0.05, 0) is 6.42 Å². The third-order valence-corrected chi connectivity index (χ3v) is 5.58. The fourth-order valence-electron chi connectivity index (χ4n) is 1.96. The van der Waals surface area contributed by atoms with E-state index in [-0.39, 0.29) is 0 Å². The number of thioether (sulfide) groups is 2. The quantitative estimate of drug-likeness (QED) is 0.726. The molecule has 84 valence electrons. The molecule has 6 heteroatoms. The van der Waals surface area contributed by atoms with Gasteiger partial charge < -0.3 is 9.80 Å².